The van der Waals surface area contributed by atoms with Gasteiger partial charge >= 0.3 is 17.9 Å². The Morgan fingerprint density at radius 2 is 0.607 bits per heavy atom. The SMILES string of the molecule is CCCC/C=C\C=C/CCCCCC(=O)OCC(COC(=O)CCCCCCCCCCCCCCCCCCCCC)OC(=O)CCCCC/C=C\CCCCCCCC. The van der Waals surface area contributed by atoms with Gasteiger partial charge in [0.15, 0.2) is 6.10 Å². The van der Waals surface area contributed by atoms with Crippen LogP contribution in [0.3, 0.4) is 0 Å². The molecule has 0 N–H and O–H groups in total. The molecule has 6 nitrogen and oxygen atoms in total. The van der Waals surface area contributed by atoms with Crippen molar-refractivity contribution >= 4 is 17.9 Å². The molecule has 0 saturated heterocycles. The number of carbonyl (C=O) groups excluding carboxylic acids is 3. The lowest BCUT2D eigenvalue weighted by molar-refractivity contribution is -0.167. The second kappa shape index (κ2) is 50.3. The highest BCUT2D eigenvalue weighted by atomic mass is 16.6. The van der Waals surface area contributed by atoms with E-state index in [-0.39, 0.29) is 31.1 Å². The van der Waals surface area contributed by atoms with Gasteiger partial charge in [0, 0.05) is 19.3 Å². The summed E-state index contributed by atoms with van der Waals surface area (Å²) in [4.78, 5) is 37.9. The summed E-state index contributed by atoms with van der Waals surface area (Å²) in [6, 6.07) is 0. The molecule has 0 amide bonds. The Morgan fingerprint density at radius 3 is 0.984 bits per heavy atom. The maximum atomic E-state index is 12.8. The molecule has 356 valence electrons. The largest absolute Gasteiger partial charge is 0.462 e. The van der Waals surface area contributed by atoms with Crippen molar-refractivity contribution in [3.05, 3.63) is 36.5 Å². The van der Waals surface area contributed by atoms with Crippen molar-refractivity contribution in [2.75, 3.05) is 13.2 Å². The second-order valence-corrected chi connectivity index (χ2v) is 17.8. The van der Waals surface area contributed by atoms with E-state index in [1.54, 1.807) is 0 Å². The molecule has 0 spiro atoms. The monoisotopic (exact) mass is 857 g/mol. The fourth-order valence-corrected chi connectivity index (χ4v) is 7.59. The predicted molar refractivity (Wildman–Crippen MR) is 261 cm³/mol. The maximum Gasteiger partial charge on any atom is 0.306 e. The third-order valence-corrected chi connectivity index (χ3v) is 11.6. The Hall–Kier alpha value is -2.37. The summed E-state index contributed by atoms with van der Waals surface area (Å²) in [5.74, 6) is -0.919. The van der Waals surface area contributed by atoms with Crippen LogP contribution >= 0.6 is 0 Å². The Labute approximate surface area is 378 Å². The molecular formula is C55H100O6. The van der Waals surface area contributed by atoms with Crippen LogP contribution in [-0.2, 0) is 28.6 Å². The first-order chi connectivity index (χ1) is 30.0. The van der Waals surface area contributed by atoms with Crippen LogP contribution in [0.5, 0.6) is 0 Å². The molecule has 1 atom stereocenters. The van der Waals surface area contributed by atoms with Gasteiger partial charge in [0.05, 0.1) is 0 Å². The van der Waals surface area contributed by atoms with Gasteiger partial charge in [-0.2, -0.15) is 0 Å². The van der Waals surface area contributed by atoms with Crippen LogP contribution in [-0.4, -0.2) is 37.2 Å². The molecule has 0 aromatic carbocycles. The maximum absolute atomic E-state index is 12.8. The van der Waals surface area contributed by atoms with E-state index in [0.717, 1.165) is 83.5 Å². The normalized spacial score (nSPS) is 12.2. The molecular weight excluding hydrogens is 757 g/mol. The minimum absolute atomic E-state index is 0.0837. The number of allylic oxidation sites excluding steroid dienone is 6. The average Bonchev–Trinajstić information content (AvgIpc) is 3.26. The molecule has 0 bridgehead atoms. The van der Waals surface area contributed by atoms with Crippen molar-refractivity contribution in [1.29, 1.82) is 0 Å². The van der Waals surface area contributed by atoms with Crippen LogP contribution in [0.2, 0.25) is 0 Å². The second-order valence-electron chi connectivity index (χ2n) is 17.8. The quantitative estimate of drug-likeness (QED) is 0.0199. The van der Waals surface area contributed by atoms with Gasteiger partial charge < -0.3 is 14.2 Å². The Bertz CT molecular complexity index is 1030. The zero-order chi connectivity index (χ0) is 44.4. The first kappa shape index (κ1) is 58.6. The molecule has 0 rings (SSSR count). The van der Waals surface area contributed by atoms with E-state index in [1.807, 2.05) is 0 Å². The van der Waals surface area contributed by atoms with Gasteiger partial charge in [-0.15, -0.1) is 0 Å². The Morgan fingerprint density at radius 1 is 0.328 bits per heavy atom. The van der Waals surface area contributed by atoms with Crippen molar-refractivity contribution in [3.8, 4) is 0 Å². The molecule has 0 aromatic rings. The van der Waals surface area contributed by atoms with E-state index in [2.05, 4.69) is 57.2 Å². The van der Waals surface area contributed by atoms with Gasteiger partial charge in [0.25, 0.3) is 0 Å². The number of ether oxygens (including phenoxy) is 3. The smallest absolute Gasteiger partial charge is 0.306 e. The first-order valence-electron chi connectivity index (χ1n) is 26.5. The highest BCUT2D eigenvalue weighted by Gasteiger charge is 2.19. The molecule has 0 aliphatic rings. The minimum Gasteiger partial charge on any atom is -0.462 e. The van der Waals surface area contributed by atoms with Crippen molar-refractivity contribution in [3.63, 3.8) is 0 Å². The first-order valence-corrected chi connectivity index (χ1v) is 26.5. The lowest BCUT2D eigenvalue weighted by Gasteiger charge is -2.18. The molecule has 0 saturated carbocycles. The number of esters is 3. The topological polar surface area (TPSA) is 78.9 Å². The van der Waals surface area contributed by atoms with Crippen LogP contribution in [0.25, 0.3) is 0 Å². The summed E-state index contributed by atoms with van der Waals surface area (Å²) >= 11 is 0. The lowest BCUT2D eigenvalue weighted by atomic mass is 10.0. The van der Waals surface area contributed by atoms with Gasteiger partial charge in [0.1, 0.15) is 13.2 Å². The van der Waals surface area contributed by atoms with Gasteiger partial charge in [-0.05, 0) is 64.2 Å². The molecule has 0 fully saturated rings. The van der Waals surface area contributed by atoms with E-state index in [9.17, 15) is 14.4 Å². The summed E-state index contributed by atoms with van der Waals surface area (Å²) in [5, 5.41) is 0. The molecule has 0 radical (unpaired) electrons. The van der Waals surface area contributed by atoms with Gasteiger partial charge in [0.2, 0.25) is 0 Å². The van der Waals surface area contributed by atoms with Crippen LogP contribution in [0, 0.1) is 0 Å². The fraction of sp³-hybridized carbons (Fsp3) is 0.836. The third-order valence-electron chi connectivity index (χ3n) is 11.6. The minimum atomic E-state index is -0.786. The van der Waals surface area contributed by atoms with Crippen molar-refractivity contribution in [2.45, 2.75) is 284 Å². The molecule has 1 unspecified atom stereocenters. The summed E-state index contributed by atoms with van der Waals surface area (Å²) in [5.41, 5.74) is 0. The number of rotatable bonds is 48. The summed E-state index contributed by atoms with van der Waals surface area (Å²) in [6.07, 6.45) is 58.5. The van der Waals surface area contributed by atoms with E-state index in [0.29, 0.717) is 19.3 Å². The zero-order valence-electron chi connectivity index (χ0n) is 40.7. The lowest BCUT2D eigenvalue weighted by Crippen LogP contribution is -2.30. The number of hydrogen-bond acceptors (Lipinski definition) is 6. The summed E-state index contributed by atoms with van der Waals surface area (Å²) in [7, 11) is 0. The molecule has 0 aromatic heterocycles. The van der Waals surface area contributed by atoms with Crippen LogP contribution in [0.15, 0.2) is 36.5 Å². The standard InChI is InChI=1S/C55H100O6/c1-4-7-10-13-16-19-22-24-25-26-27-28-29-31-33-36-39-42-45-48-54(57)60-51-52(50-59-53(56)47-44-41-38-35-32-21-18-15-12-9-6-3)61-55(58)49-46-43-40-37-34-30-23-20-17-14-11-8-5-2/h15,18,21,30,32,34,52H,4-14,16-17,19-20,22-29,31,33,35-51H2,1-3H3/b18-15-,32-21-,34-30-. The predicted octanol–water partition coefficient (Wildman–Crippen LogP) is 17.3. The van der Waals surface area contributed by atoms with E-state index in [4.69, 9.17) is 14.2 Å². The highest BCUT2D eigenvalue weighted by molar-refractivity contribution is 5.71. The van der Waals surface area contributed by atoms with Crippen molar-refractivity contribution in [2.24, 2.45) is 0 Å². The van der Waals surface area contributed by atoms with Crippen molar-refractivity contribution in [1.82, 2.24) is 0 Å². The van der Waals surface area contributed by atoms with Gasteiger partial charge in [-0.1, -0.05) is 231 Å². The van der Waals surface area contributed by atoms with E-state index >= 15 is 0 Å². The summed E-state index contributed by atoms with van der Waals surface area (Å²) < 4.78 is 16.8. The number of unbranched alkanes of at least 4 members (excludes halogenated alkanes) is 32. The Balaban J connectivity index is 4.31. The molecule has 0 aliphatic carbocycles. The molecule has 0 heterocycles. The van der Waals surface area contributed by atoms with Crippen molar-refractivity contribution < 1.29 is 28.6 Å². The average molecular weight is 857 g/mol. The van der Waals surface area contributed by atoms with Crippen LogP contribution < -0.4 is 0 Å². The van der Waals surface area contributed by atoms with E-state index < -0.39 is 6.10 Å². The van der Waals surface area contributed by atoms with Gasteiger partial charge in [-0.3, -0.25) is 14.4 Å². The Kier molecular flexibility index (Phi) is 48.3. The highest BCUT2D eigenvalue weighted by Crippen LogP contribution is 2.16. The summed E-state index contributed by atoms with van der Waals surface area (Å²) in [6.45, 7) is 6.57. The third kappa shape index (κ3) is 48.5. The van der Waals surface area contributed by atoms with Crippen LogP contribution in [0.4, 0.5) is 0 Å². The number of hydrogen-bond donors (Lipinski definition) is 0. The zero-order valence-corrected chi connectivity index (χ0v) is 40.7. The molecule has 0 aliphatic heterocycles. The van der Waals surface area contributed by atoms with E-state index in [1.165, 1.54) is 154 Å². The number of carbonyl (C=O) groups is 3. The molecule has 6 heteroatoms. The fourth-order valence-electron chi connectivity index (χ4n) is 7.59. The van der Waals surface area contributed by atoms with Gasteiger partial charge in [-0.25, -0.2) is 0 Å². The molecule has 61 heavy (non-hydrogen) atoms. The van der Waals surface area contributed by atoms with Crippen LogP contribution in [0.1, 0.15) is 278 Å².